The van der Waals surface area contributed by atoms with Crippen LogP contribution in [-0.2, 0) is 9.53 Å². The molecule has 0 unspecified atom stereocenters. The monoisotopic (exact) mass is 186 g/mol. The molecule has 0 rings (SSSR count). The summed E-state index contributed by atoms with van der Waals surface area (Å²) in [5.41, 5.74) is -1.55. The Kier molecular flexibility index (Phi) is 3.46. The number of carbonyl (C=O) groups excluding carboxylic acids is 2. The van der Waals surface area contributed by atoms with Crippen molar-refractivity contribution in [3.63, 3.8) is 0 Å². The summed E-state index contributed by atoms with van der Waals surface area (Å²) in [6.07, 6.45) is 1.09. The third-order valence-electron chi connectivity index (χ3n) is 1.07. The van der Waals surface area contributed by atoms with Gasteiger partial charge in [-0.1, -0.05) is 0 Å². The Bertz CT molecular complexity index is 203. The van der Waals surface area contributed by atoms with E-state index in [1.807, 2.05) is 0 Å². The third kappa shape index (κ3) is 6.13. The predicted molar refractivity (Wildman–Crippen MR) is 49.1 cm³/mol. The maximum atomic E-state index is 11.1. The molecule has 0 aliphatic rings. The van der Waals surface area contributed by atoms with Gasteiger partial charge < -0.3 is 10.1 Å². The van der Waals surface area contributed by atoms with Crippen LogP contribution >= 0.6 is 0 Å². The molecule has 1 amide bonds. The second-order valence-electron chi connectivity index (χ2n) is 4.35. The highest BCUT2D eigenvalue weighted by Gasteiger charge is 2.24. The molecule has 4 nitrogen and oxygen atoms in total. The van der Waals surface area contributed by atoms with Crippen molar-refractivity contribution in [3.05, 3.63) is 0 Å². The Morgan fingerprint density at radius 3 is 2.00 bits per heavy atom. The van der Waals surface area contributed by atoms with Crippen LogP contribution in [0.1, 0.15) is 34.6 Å². The molecule has 0 spiro atoms. The topological polar surface area (TPSA) is 55.4 Å². The van der Waals surface area contributed by atoms with Gasteiger partial charge in [0, 0.05) is 0 Å². The first kappa shape index (κ1) is 11.9. The predicted octanol–water partition coefficient (Wildman–Crippen LogP) is 1.40. The van der Waals surface area contributed by atoms with Crippen LogP contribution in [0.15, 0.2) is 0 Å². The van der Waals surface area contributed by atoms with E-state index in [4.69, 9.17) is 4.74 Å². The Hall–Kier alpha value is -1.06. The number of carbonyl (C=O) groups is 1. The number of nitrogens with one attached hydrogen (secondary N) is 1. The van der Waals surface area contributed by atoms with Crippen molar-refractivity contribution in [2.75, 3.05) is 0 Å². The molecule has 0 aromatic rings. The summed E-state index contributed by atoms with van der Waals surface area (Å²) in [5, 5.41) is 2.38. The molecule has 4 heteroatoms. The van der Waals surface area contributed by atoms with E-state index in [0.717, 1.165) is 0 Å². The molecule has 0 aliphatic heterocycles. The second-order valence-corrected chi connectivity index (χ2v) is 4.35. The standard InChI is InChI=1S/C9H16NO3/c1-8(2,3)13-7(12)10-9(4,5)6-11/h1-5H3,(H,10,12). The molecule has 0 aliphatic carbocycles. The average Bonchev–Trinajstić information content (AvgIpc) is 1.81. The number of rotatable bonds is 2. The van der Waals surface area contributed by atoms with Crippen molar-refractivity contribution >= 4 is 12.4 Å². The van der Waals surface area contributed by atoms with Gasteiger partial charge in [-0.3, -0.25) is 4.79 Å². The molecule has 1 radical (unpaired) electrons. The van der Waals surface area contributed by atoms with Crippen LogP contribution < -0.4 is 5.32 Å². The van der Waals surface area contributed by atoms with Crippen LogP contribution in [0.5, 0.6) is 0 Å². The Morgan fingerprint density at radius 1 is 1.23 bits per heavy atom. The lowest BCUT2D eigenvalue weighted by molar-refractivity contribution is 0.0496. The van der Waals surface area contributed by atoms with E-state index in [-0.39, 0.29) is 0 Å². The Morgan fingerprint density at radius 2 is 1.69 bits per heavy atom. The van der Waals surface area contributed by atoms with Gasteiger partial charge in [0.15, 0.2) is 0 Å². The summed E-state index contributed by atoms with van der Waals surface area (Å²) in [5.74, 6) is 0. The number of hydrogen-bond donors (Lipinski definition) is 1. The van der Waals surface area contributed by atoms with E-state index in [2.05, 4.69) is 5.32 Å². The minimum Gasteiger partial charge on any atom is -0.444 e. The summed E-state index contributed by atoms with van der Waals surface area (Å²) in [4.78, 5) is 21.5. The first-order valence-corrected chi connectivity index (χ1v) is 4.07. The van der Waals surface area contributed by atoms with Gasteiger partial charge in [0.1, 0.15) is 11.1 Å². The van der Waals surface area contributed by atoms with Crippen LogP contribution in [-0.4, -0.2) is 23.5 Å². The molecular formula is C9H16NO3. The lowest BCUT2D eigenvalue weighted by Crippen LogP contribution is -2.46. The van der Waals surface area contributed by atoms with E-state index in [9.17, 15) is 9.59 Å². The smallest absolute Gasteiger partial charge is 0.408 e. The summed E-state index contributed by atoms with van der Waals surface area (Å²) in [6.45, 7) is 8.35. The first-order chi connectivity index (χ1) is 5.66. The zero-order valence-corrected chi connectivity index (χ0v) is 8.72. The van der Waals surface area contributed by atoms with Gasteiger partial charge in [-0.25, -0.2) is 4.79 Å². The van der Waals surface area contributed by atoms with Crippen molar-refractivity contribution < 1.29 is 14.3 Å². The molecule has 1 N–H and O–H groups in total. The quantitative estimate of drug-likeness (QED) is 0.709. The Labute approximate surface area is 78.6 Å². The Balaban J connectivity index is 4.10. The highest BCUT2D eigenvalue weighted by molar-refractivity contribution is 5.76. The molecule has 0 saturated heterocycles. The molecule has 0 aromatic heterocycles. The van der Waals surface area contributed by atoms with E-state index in [0.29, 0.717) is 0 Å². The second kappa shape index (κ2) is 3.77. The fourth-order valence-corrected chi connectivity index (χ4v) is 0.584. The van der Waals surface area contributed by atoms with Crippen LogP contribution in [0.25, 0.3) is 0 Å². The average molecular weight is 186 g/mol. The van der Waals surface area contributed by atoms with E-state index < -0.39 is 17.2 Å². The number of hydrogen-bond acceptors (Lipinski definition) is 3. The maximum Gasteiger partial charge on any atom is 0.408 e. The molecule has 0 aromatic carbocycles. The van der Waals surface area contributed by atoms with Crippen molar-refractivity contribution in [2.24, 2.45) is 0 Å². The highest BCUT2D eigenvalue weighted by atomic mass is 16.6. The lowest BCUT2D eigenvalue weighted by Gasteiger charge is -2.23. The zero-order chi connectivity index (χ0) is 10.7. The van der Waals surface area contributed by atoms with E-state index in [1.54, 1.807) is 40.9 Å². The van der Waals surface area contributed by atoms with Gasteiger partial charge in [-0.05, 0) is 34.6 Å². The number of alkyl carbamates (subject to hydrolysis) is 1. The highest BCUT2D eigenvalue weighted by Crippen LogP contribution is 2.08. The summed E-state index contributed by atoms with van der Waals surface area (Å²) >= 11 is 0. The summed E-state index contributed by atoms with van der Waals surface area (Å²) in [7, 11) is 0. The fraction of sp³-hybridized carbons (Fsp3) is 0.778. The largest absolute Gasteiger partial charge is 0.444 e. The number of amides is 1. The first-order valence-electron chi connectivity index (χ1n) is 4.07. The van der Waals surface area contributed by atoms with Gasteiger partial charge in [0.05, 0.1) is 0 Å². The van der Waals surface area contributed by atoms with Crippen LogP contribution in [0.3, 0.4) is 0 Å². The van der Waals surface area contributed by atoms with Crippen LogP contribution in [0.4, 0.5) is 4.79 Å². The molecule has 75 valence electrons. The van der Waals surface area contributed by atoms with Crippen molar-refractivity contribution in [1.29, 1.82) is 0 Å². The normalized spacial score (nSPS) is 12.1. The van der Waals surface area contributed by atoms with Crippen molar-refractivity contribution in [3.8, 4) is 0 Å². The van der Waals surface area contributed by atoms with Crippen LogP contribution in [0.2, 0.25) is 0 Å². The van der Waals surface area contributed by atoms with Gasteiger partial charge in [-0.2, -0.15) is 0 Å². The number of ether oxygens (including phenoxy) is 1. The van der Waals surface area contributed by atoms with Gasteiger partial charge in [0.25, 0.3) is 0 Å². The molecule has 13 heavy (non-hydrogen) atoms. The third-order valence-corrected chi connectivity index (χ3v) is 1.07. The minimum atomic E-state index is -0.998. The lowest BCUT2D eigenvalue weighted by atomic mass is 10.1. The summed E-state index contributed by atoms with van der Waals surface area (Å²) < 4.78 is 4.95. The minimum absolute atomic E-state index is 0.553. The van der Waals surface area contributed by atoms with Gasteiger partial charge >= 0.3 is 6.09 Å². The van der Waals surface area contributed by atoms with Crippen molar-refractivity contribution in [1.82, 2.24) is 5.32 Å². The fourth-order valence-electron chi connectivity index (χ4n) is 0.584. The van der Waals surface area contributed by atoms with E-state index >= 15 is 0 Å². The molecular weight excluding hydrogens is 170 g/mol. The van der Waals surface area contributed by atoms with Gasteiger partial charge in [0.2, 0.25) is 6.29 Å². The van der Waals surface area contributed by atoms with Gasteiger partial charge in [-0.15, -0.1) is 0 Å². The molecule has 0 fully saturated rings. The maximum absolute atomic E-state index is 11.1. The molecule has 0 bridgehead atoms. The SMILES string of the molecule is CC(C)([C]=O)NC(=O)OC(C)(C)C. The van der Waals surface area contributed by atoms with E-state index in [1.165, 1.54) is 0 Å². The molecule has 0 atom stereocenters. The zero-order valence-electron chi connectivity index (χ0n) is 8.72. The molecule has 0 heterocycles. The van der Waals surface area contributed by atoms with Crippen molar-refractivity contribution in [2.45, 2.75) is 45.8 Å². The summed E-state index contributed by atoms with van der Waals surface area (Å²) in [6, 6.07) is 0. The van der Waals surface area contributed by atoms with Crippen LogP contribution in [0, 0.1) is 0 Å². The molecule has 0 saturated carbocycles.